The van der Waals surface area contributed by atoms with E-state index in [-0.39, 0.29) is 11.4 Å². The van der Waals surface area contributed by atoms with E-state index in [0.29, 0.717) is 0 Å². The summed E-state index contributed by atoms with van der Waals surface area (Å²) < 4.78 is 4.84. The third-order valence-electron chi connectivity index (χ3n) is 2.38. The Balaban J connectivity index is 4.55. The highest BCUT2D eigenvalue weighted by molar-refractivity contribution is 6.76. The molecule has 0 bridgehead atoms. The van der Waals surface area contributed by atoms with Crippen LogP contribution in [0.15, 0.2) is 0 Å². The minimum absolute atomic E-state index is 0.0579. The van der Waals surface area contributed by atoms with Gasteiger partial charge < -0.3 is 4.74 Å². The van der Waals surface area contributed by atoms with E-state index in [9.17, 15) is 4.79 Å². The SMILES string of the molecule is CCC(C)(C[Si](C)(C)C)C(=O)OC. The number of ether oxygens (including phenoxy) is 1. The molecule has 0 amide bonds. The first-order valence-corrected chi connectivity index (χ1v) is 8.54. The third-order valence-corrected chi connectivity index (χ3v) is 4.22. The molecule has 0 rings (SSSR count). The molecule has 13 heavy (non-hydrogen) atoms. The number of hydrogen-bond acceptors (Lipinski definition) is 2. The van der Waals surface area contributed by atoms with Gasteiger partial charge in [0.25, 0.3) is 0 Å². The summed E-state index contributed by atoms with van der Waals surface area (Å²) in [6, 6.07) is 1.00. The Hall–Kier alpha value is -0.313. The summed E-state index contributed by atoms with van der Waals surface area (Å²) in [5, 5.41) is 0. The van der Waals surface area contributed by atoms with Crippen molar-refractivity contribution in [3.8, 4) is 0 Å². The first-order valence-electron chi connectivity index (χ1n) is 4.83. The first-order chi connectivity index (χ1) is 5.75. The van der Waals surface area contributed by atoms with Gasteiger partial charge >= 0.3 is 5.97 Å². The summed E-state index contributed by atoms with van der Waals surface area (Å²) in [6.45, 7) is 10.9. The Labute approximate surface area is 82.7 Å². The second-order valence-electron chi connectivity index (χ2n) is 5.14. The lowest BCUT2D eigenvalue weighted by molar-refractivity contribution is -0.150. The molecule has 0 saturated carbocycles. The Morgan fingerprint density at radius 1 is 1.38 bits per heavy atom. The van der Waals surface area contributed by atoms with E-state index in [4.69, 9.17) is 4.74 Å². The predicted octanol–water partition coefficient (Wildman–Crippen LogP) is 2.91. The van der Waals surface area contributed by atoms with Gasteiger partial charge in [-0.25, -0.2) is 0 Å². The highest BCUT2D eigenvalue weighted by atomic mass is 28.3. The summed E-state index contributed by atoms with van der Waals surface area (Å²) in [7, 11) is 0.279. The molecule has 0 fully saturated rings. The van der Waals surface area contributed by atoms with Crippen molar-refractivity contribution in [1.82, 2.24) is 0 Å². The average molecular weight is 202 g/mol. The van der Waals surface area contributed by atoms with Crippen LogP contribution in [0.5, 0.6) is 0 Å². The van der Waals surface area contributed by atoms with E-state index in [2.05, 4.69) is 26.6 Å². The molecule has 0 spiro atoms. The van der Waals surface area contributed by atoms with Crippen molar-refractivity contribution in [2.45, 2.75) is 46.0 Å². The largest absolute Gasteiger partial charge is 0.469 e. The molecule has 1 unspecified atom stereocenters. The minimum atomic E-state index is -1.19. The molecule has 78 valence electrons. The van der Waals surface area contributed by atoms with E-state index < -0.39 is 8.07 Å². The van der Waals surface area contributed by atoms with Crippen LogP contribution in [0.25, 0.3) is 0 Å². The van der Waals surface area contributed by atoms with Gasteiger partial charge in [0.05, 0.1) is 12.5 Å². The molecular formula is C10H22O2Si. The van der Waals surface area contributed by atoms with Gasteiger partial charge in [0.1, 0.15) is 0 Å². The van der Waals surface area contributed by atoms with Crippen LogP contribution in [0.2, 0.25) is 25.7 Å². The fourth-order valence-electron chi connectivity index (χ4n) is 1.76. The fourth-order valence-corrected chi connectivity index (χ4v) is 4.49. The predicted molar refractivity (Wildman–Crippen MR) is 58.6 cm³/mol. The average Bonchev–Trinajstić information content (AvgIpc) is 1.99. The molecule has 0 radical (unpaired) electrons. The summed E-state index contributed by atoms with van der Waals surface area (Å²) in [5.74, 6) is -0.0579. The topological polar surface area (TPSA) is 26.3 Å². The zero-order valence-electron chi connectivity index (χ0n) is 9.73. The standard InChI is InChI=1S/C10H22O2Si/c1-7-10(2,9(11)12-3)8-13(4,5)6/h7-8H2,1-6H3. The van der Waals surface area contributed by atoms with Crippen LogP contribution < -0.4 is 0 Å². The van der Waals surface area contributed by atoms with Crippen molar-refractivity contribution in [3.05, 3.63) is 0 Å². The fraction of sp³-hybridized carbons (Fsp3) is 0.900. The van der Waals surface area contributed by atoms with Crippen LogP contribution in [-0.2, 0) is 9.53 Å². The molecule has 0 aromatic heterocycles. The lowest BCUT2D eigenvalue weighted by Crippen LogP contribution is -2.36. The number of carbonyl (C=O) groups is 1. The van der Waals surface area contributed by atoms with Crippen molar-refractivity contribution < 1.29 is 9.53 Å². The summed E-state index contributed by atoms with van der Waals surface area (Å²) >= 11 is 0. The van der Waals surface area contributed by atoms with Gasteiger partial charge in [-0.2, -0.15) is 0 Å². The molecule has 0 saturated heterocycles. The van der Waals surface area contributed by atoms with Crippen LogP contribution in [0, 0.1) is 5.41 Å². The molecule has 0 N–H and O–H groups in total. The Morgan fingerprint density at radius 3 is 2.08 bits per heavy atom. The maximum Gasteiger partial charge on any atom is 0.311 e. The van der Waals surface area contributed by atoms with Gasteiger partial charge in [0, 0.05) is 8.07 Å². The number of hydrogen-bond donors (Lipinski definition) is 0. The molecule has 0 aliphatic rings. The zero-order valence-corrected chi connectivity index (χ0v) is 10.7. The van der Waals surface area contributed by atoms with E-state index in [1.165, 1.54) is 7.11 Å². The Morgan fingerprint density at radius 2 is 1.85 bits per heavy atom. The summed E-state index contributed by atoms with van der Waals surface area (Å²) in [6.07, 6.45) is 0.865. The van der Waals surface area contributed by atoms with E-state index in [1.807, 2.05) is 6.92 Å². The molecule has 3 heteroatoms. The van der Waals surface area contributed by atoms with Gasteiger partial charge in [0.15, 0.2) is 0 Å². The molecule has 1 atom stereocenters. The maximum absolute atomic E-state index is 11.5. The van der Waals surface area contributed by atoms with E-state index in [1.54, 1.807) is 0 Å². The van der Waals surface area contributed by atoms with Crippen LogP contribution in [-0.4, -0.2) is 21.2 Å². The summed E-state index contributed by atoms with van der Waals surface area (Å²) in [4.78, 5) is 11.5. The minimum Gasteiger partial charge on any atom is -0.469 e. The monoisotopic (exact) mass is 202 g/mol. The van der Waals surface area contributed by atoms with Crippen molar-refractivity contribution in [2.75, 3.05) is 7.11 Å². The molecule has 0 aliphatic heterocycles. The van der Waals surface area contributed by atoms with E-state index in [0.717, 1.165) is 12.5 Å². The number of rotatable bonds is 4. The second kappa shape index (κ2) is 4.27. The molecule has 0 heterocycles. The Bertz CT molecular complexity index is 184. The lowest BCUT2D eigenvalue weighted by Gasteiger charge is -2.31. The quantitative estimate of drug-likeness (QED) is 0.517. The highest BCUT2D eigenvalue weighted by Crippen LogP contribution is 2.33. The Kier molecular flexibility index (Phi) is 4.16. The smallest absolute Gasteiger partial charge is 0.311 e. The van der Waals surface area contributed by atoms with Crippen molar-refractivity contribution in [2.24, 2.45) is 5.41 Å². The number of methoxy groups -OCH3 is 1. The van der Waals surface area contributed by atoms with Gasteiger partial charge in [-0.05, 0) is 19.4 Å². The van der Waals surface area contributed by atoms with Gasteiger partial charge in [-0.1, -0.05) is 26.6 Å². The second-order valence-corrected chi connectivity index (χ2v) is 10.6. The molecule has 0 aromatic carbocycles. The van der Waals surface area contributed by atoms with Crippen LogP contribution >= 0.6 is 0 Å². The van der Waals surface area contributed by atoms with Gasteiger partial charge in [0.2, 0.25) is 0 Å². The maximum atomic E-state index is 11.5. The highest BCUT2D eigenvalue weighted by Gasteiger charge is 2.36. The molecular weight excluding hydrogens is 180 g/mol. The van der Waals surface area contributed by atoms with Crippen LogP contribution in [0.4, 0.5) is 0 Å². The van der Waals surface area contributed by atoms with Gasteiger partial charge in [-0.15, -0.1) is 0 Å². The van der Waals surface area contributed by atoms with Crippen molar-refractivity contribution in [1.29, 1.82) is 0 Å². The van der Waals surface area contributed by atoms with E-state index >= 15 is 0 Å². The molecule has 2 nitrogen and oxygen atoms in total. The lowest BCUT2D eigenvalue weighted by atomic mass is 9.90. The van der Waals surface area contributed by atoms with Gasteiger partial charge in [-0.3, -0.25) is 4.79 Å². The zero-order chi connectivity index (χ0) is 10.7. The number of esters is 1. The van der Waals surface area contributed by atoms with Crippen LogP contribution in [0.1, 0.15) is 20.3 Å². The normalized spacial score (nSPS) is 16.5. The van der Waals surface area contributed by atoms with Crippen molar-refractivity contribution in [3.63, 3.8) is 0 Å². The third kappa shape index (κ3) is 3.94. The molecule has 0 aromatic rings. The number of carbonyl (C=O) groups excluding carboxylic acids is 1. The van der Waals surface area contributed by atoms with Crippen LogP contribution in [0.3, 0.4) is 0 Å². The van der Waals surface area contributed by atoms with Crippen molar-refractivity contribution >= 4 is 14.0 Å². The molecule has 0 aliphatic carbocycles. The first kappa shape index (κ1) is 12.7. The summed E-state index contributed by atoms with van der Waals surface area (Å²) in [5.41, 5.74) is -0.265.